The van der Waals surface area contributed by atoms with Crippen LogP contribution in [0.3, 0.4) is 0 Å². The van der Waals surface area contributed by atoms with Crippen molar-refractivity contribution in [2.75, 3.05) is 13.2 Å². The molecule has 0 radical (unpaired) electrons. The lowest BCUT2D eigenvalue weighted by molar-refractivity contribution is 0.0933. The number of carbonyl (C=O) groups is 1. The molecule has 0 aliphatic carbocycles. The van der Waals surface area contributed by atoms with Gasteiger partial charge < -0.3 is 15.8 Å². The molecule has 1 unspecified atom stereocenters. The number of nitrogens with two attached hydrogens (primary N) is 1. The van der Waals surface area contributed by atoms with Gasteiger partial charge in [-0.1, -0.05) is 13.8 Å². The van der Waals surface area contributed by atoms with E-state index in [0.717, 1.165) is 24.2 Å². The Bertz CT molecular complexity index is 457. The van der Waals surface area contributed by atoms with Crippen LogP contribution in [0.15, 0.2) is 18.2 Å². The van der Waals surface area contributed by atoms with E-state index in [2.05, 4.69) is 19.2 Å². The van der Waals surface area contributed by atoms with Crippen molar-refractivity contribution >= 4 is 5.91 Å². The van der Waals surface area contributed by atoms with Gasteiger partial charge in [0.05, 0.1) is 6.61 Å². The Hall–Kier alpha value is -1.55. The predicted molar refractivity (Wildman–Crippen MR) is 75.4 cm³/mol. The third-order valence-corrected chi connectivity index (χ3v) is 3.33. The van der Waals surface area contributed by atoms with Crippen LogP contribution in [0.4, 0.5) is 0 Å². The number of nitrogens with one attached hydrogen (secondary N) is 1. The number of benzene rings is 1. The van der Waals surface area contributed by atoms with Gasteiger partial charge in [0, 0.05) is 24.6 Å². The molecule has 2 rings (SSSR count). The molecule has 0 saturated carbocycles. The zero-order valence-corrected chi connectivity index (χ0v) is 11.6. The number of carbonyl (C=O) groups excluding carboxylic acids is 1. The van der Waals surface area contributed by atoms with E-state index in [1.807, 2.05) is 18.2 Å². The van der Waals surface area contributed by atoms with Crippen LogP contribution >= 0.6 is 0 Å². The van der Waals surface area contributed by atoms with Gasteiger partial charge in [-0.05, 0) is 36.1 Å². The lowest BCUT2D eigenvalue weighted by atomic mass is 10.0. The molecular weight excluding hydrogens is 240 g/mol. The first-order valence-corrected chi connectivity index (χ1v) is 6.86. The minimum absolute atomic E-state index is 0.0389. The summed E-state index contributed by atoms with van der Waals surface area (Å²) in [5.41, 5.74) is 7.50. The summed E-state index contributed by atoms with van der Waals surface area (Å²) in [5, 5.41) is 3.00. The van der Waals surface area contributed by atoms with Crippen LogP contribution in [0, 0.1) is 5.92 Å². The van der Waals surface area contributed by atoms with Crippen molar-refractivity contribution < 1.29 is 9.53 Å². The summed E-state index contributed by atoms with van der Waals surface area (Å²) in [5.74, 6) is 1.36. The van der Waals surface area contributed by atoms with Gasteiger partial charge in [-0.25, -0.2) is 0 Å². The van der Waals surface area contributed by atoms with Gasteiger partial charge in [0.25, 0.3) is 5.91 Å². The van der Waals surface area contributed by atoms with E-state index in [1.165, 1.54) is 0 Å². The molecule has 0 spiro atoms. The van der Waals surface area contributed by atoms with Crippen LogP contribution in [0.5, 0.6) is 5.75 Å². The fraction of sp³-hybridized carbons (Fsp3) is 0.533. The average molecular weight is 262 g/mol. The molecule has 1 heterocycles. The quantitative estimate of drug-likeness (QED) is 0.849. The normalized spacial score (nSPS) is 14.9. The SMILES string of the molecule is CC(C)CC(CN)NC(=O)c1ccc2c(c1)CCO2. The van der Waals surface area contributed by atoms with Gasteiger partial charge in [0.1, 0.15) is 5.75 Å². The van der Waals surface area contributed by atoms with E-state index in [-0.39, 0.29) is 11.9 Å². The molecule has 1 aromatic carbocycles. The first-order chi connectivity index (χ1) is 9.10. The van der Waals surface area contributed by atoms with Crippen LogP contribution in [0.2, 0.25) is 0 Å². The van der Waals surface area contributed by atoms with Crippen molar-refractivity contribution in [3.63, 3.8) is 0 Å². The van der Waals surface area contributed by atoms with Gasteiger partial charge in [-0.2, -0.15) is 0 Å². The molecular formula is C15H22N2O2. The Balaban J connectivity index is 2.03. The van der Waals surface area contributed by atoms with Crippen molar-refractivity contribution in [3.05, 3.63) is 29.3 Å². The minimum Gasteiger partial charge on any atom is -0.493 e. The molecule has 0 saturated heterocycles. The maximum absolute atomic E-state index is 12.2. The van der Waals surface area contributed by atoms with Crippen LogP contribution in [0.25, 0.3) is 0 Å². The van der Waals surface area contributed by atoms with Crippen molar-refractivity contribution in [2.45, 2.75) is 32.7 Å². The molecule has 1 atom stereocenters. The highest BCUT2D eigenvalue weighted by atomic mass is 16.5. The smallest absolute Gasteiger partial charge is 0.251 e. The summed E-state index contributed by atoms with van der Waals surface area (Å²) in [6.07, 6.45) is 1.78. The van der Waals surface area contributed by atoms with Gasteiger partial charge in [0.15, 0.2) is 0 Å². The van der Waals surface area contributed by atoms with E-state index in [0.29, 0.717) is 24.6 Å². The second-order valence-electron chi connectivity index (χ2n) is 5.46. The molecule has 4 nitrogen and oxygen atoms in total. The average Bonchev–Trinajstić information content (AvgIpc) is 2.84. The number of hydrogen-bond donors (Lipinski definition) is 2. The zero-order chi connectivity index (χ0) is 13.8. The molecule has 3 N–H and O–H groups in total. The Morgan fingerprint density at radius 1 is 1.47 bits per heavy atom. The standard InChI is InChI=1S/C15H22N2O2/c1-10(2)7-13(9-16)17-15(18)12-3-4-14-11(8-12)5-6-19-14/h3-4,8,10,13H,5-7,9,16H2,1-2H3,(H,17,18). The van der Waals surface area contributed by atoms with Gasteiger partial charge in [0.2, 0.25) is 0 Å². The van der Waals surface area contributed by atoms with Gasteiger partial charge >= 0.3 is 0 Å². The number of hydrogen-bond acceptors (Lipinski definition) is 3. The van der Waals surface area contributed by atoms with Crippen LogP contribution in [-0.2, 0) is 6.42 Å². The van der Waals surface area contributed by atoms with E-state index in [1.54, 1.807) is 0 Å². The molecule has 1 amide bonds. The lowest BCUT2D eigenvalue weighted by Crippen LogP contribution is -2.41. The van der Waals surface area contributed by atoms with Crippen LogP contribution < -0.4 is 15.8 Å². The predicted octanol–water partition coefficient (Wildman–Crippen LogP) is 1.72. The largest absolute Gasteiger partial charge is 0.493 e. The number of ether oxygens (including phenoxy) is 1. The summed E-state index contributed by atoms with van der Waals surface area (Å²) in [4.78, 5) is 12.2. The highest BCUT2D eigenvalue weighted by molar-refractivity contribution is 5.94. The van der Waals surface area contributed by atoms with Crippen molar-refractivity contribution in [2.24, 2.45) is 11.7 Å². The maximum atomic E-state index is 12.2. The Morgan fingerprint density at radius 2 is 2.26 bits per heavy atom. The molecule has 1 aromatic rings. The summed E-state index contributed by atoms with van der Waals surface area (Å²) >= 11 is 0. The summed E-state index contributed by atoms with van der Waals surface area (Å²) in [6.45, 7) is 5.43. The third-order valence-electron chi connectivity index (χ3n) is 3.33. The maximum Gasteiger partial charge on any atom is 0.251 e. The summed E-state index contributed by atoms with van der Waals surface area (Å²) in [6, 6.07) is 5.64. The van der Waals surface area contributed by atoms with E-state index in [4.69, 9.17) is 10.5 Å². The number of rotatable bonds is 5. The van der Waals surface area contributed by atoms with Crippen LogP contribution in [-0.4, -0.2) is 25.1 Å². The van der Waals surface area contributed by atoms with Crippen LogP contribution in [0.1, 0.15) is 36.2 Å². The molecule has 4 heteroatoms. The molecule has 0 aromatic heterocycles. The molecule has 0 fully saturated rings. The summed E-state index contributed by atoms with van der Waals surface area (Å²) in [7, 11) is 0. The Labute approximate surface area is 114 Å². The number of amides is 1. The lowest BCUT2D eigenvalue weighted by Gasteiger charge is -2.19. The minimum atomic E-state index is -0.0502. The second-order valence-corrected chi connectivity index (χ2v) is 5.46. The van der Waals surface area contributed by atoms with Crippen molar-refractivity contribution in [1.29, 1.82) is 0 Å². The Kier molecular flexibility index (Phi) is 4.43. The highest BCUT2D eigenvalue weighted by Crippen LogP contribution is 2.25. The van der Waals surface area contributed by atoms with Crippen molar-refractivity contribution in [3.8, 4) is 5.75 Å². The van der Waals surface area contributed by atoms with Gasteiger partial charge in [-0.15, -0.1) is 0 Å². The zero-order valence-electron chi connectivity index (χ0n) is 11.6. The molecule has 104 valence electrons. The molecule has 1 aliphatic rings. The summed E-state index contributed by atoms with van der Waals surface area (Å²) < 4.78 is 5.44. The van der Waals surface area contributed by atoms with Gasteiger partial charge in [-0.3, -0.25) is 4.79 Å². The fourth-order valence-electron chi connectivity index (χ4n) is 2.38. The highest BCUT2D eigenvalue weighted by Gasteiger charge is 2.17. The van der Waals surface area contributed by atoms with Crippen molar-refractivity contribution in [1.82, 2.24) is 5.32 Å². The fourth-order valence-corrected chi connectivity index (χ4v) is 2.38. The Morgan fingerprint density at radius 3 is 2.95 bits per heavy atom. The molecule has 1 aliphatic heterocycles. The van der Waals surface area contributed by atoms with E-state index in [9.17, 15) is 4.79 Å². The van der Waals surface area contributed by atoms with E-state index < -0.39 is 0 Å². The first-order valence-electron chi connectivity index (χ1n) is 6.86. The number of fused-ring (bicyclic) bond motifs is 1. The monoisotopic (exact) mass is 262 g/mol. The van der Waals surface area contributed by atoms with E-state index >= 15 is 0 Å². The topological polar surface area (TPSA) is 64.3 Å². The second kappa shape index (κ2) is 6.06. The first kappa shape index (κ1) is 13.9. The molecule has 19 heavy (non-hydrogen) atoms. The third kappa shape index (κ3) is 3.47. The molecule has 0 bridgehead atoms.